The first-order valence-corrected chi connectivity index (χ1v) is 8.97. The van der Waals surface area contributed by atoms with E-state index in [0.717, 1.165) is 0 Å². The number of sulfonamides is 1. The zero-order valence-corrected chi connectivity index (χ0v) is 15.0. The molecule has 0 bridgehead atoms. The van der Waals surface area contributed by atoms with Crippen molar-refractivity contribution in [1.29, 1.82) is 0 Å². The number of benzene rings is 1. The van der Waals surface area contributed by atoms with E-state index in [0.29, 0.717) is 12.4 Å². The molecule has 0 saturated heterocycles. The highest BCUT2D eigenvalue weighted by Crippen LogP contribution is 2.20. The van der Waals surface area contributed by atoms with E-state index in [-0.39, 0.29) is 10.7 Å². The normalized spacial score (nSPS) is 13.3. The van der Waals surface area contributed by atoms with E-state index in [2.05, 4.69) is 4.72 Å². The van der Waals surface area contributed by atoms with Crippen LogP contribution in [0.3, 0.4) is 0 Å². The van der Waals surface area contributed by atoms with Crippen LogP contribution in [-0.2, 0) is 19.6 Å². The summed E-state index contributed by atoms with van der Waals surface area (Å²) in [4.78, 5) is 23.2. The Morgan fingerprint density at radius 2 is 1.75 bits per heavy atom. The predicted octanol–water partition coefficient (Wildman–Crippen LogP) is 1.82. The van der Waals surface area contributed by atoms with E-state index in [1.54, 1.807) is 27.7 Å². The Balaban J connectivity index is 2.96. The fraction of sp³-hybridized carbons (Fsp3) is 0.500. The van der Waals surface area contributed by atoms with Crippen molar-refractivity contribution in [2.75, 3.05) is 6.61 Å². The van der Waals surface area contributed by atoms with Crippen LogP contribution in [0.5, 0.6) is 5.75 Å². The Morgan fingerprint density at radius 1 is 1.21 bits per heavy atom. The average Bonchev–Trinajstić information content (AvgIpc) is 2.46. The third kappa shape index (κ3) is 5.61. The molecule has 0 amide bonds. The SMILES string of the molecule is CCOc1ccc(S(=O)(=O)NC(CC(=O)C(C)(C)C)C(=O)O)cc1. The van der Waals surface area contributed by atoms with Gasteiger partial charge in [0.15, 0.2) is 0 Å². The highest BCUT2D eigenvalue weighted by molar-refractivity contribution is 7.89. The number of Topliss-reactive ketones (excluding diaryl/α,β-unsaturated/α-hetero) is 1. The Morgan fingerprint density at radius 3 is 2.17 bits per heavy atom. The molecule has 1 unspecified atom stereocenters. The second kappa shape index (κ2) is 7.76. The number of hydrogen-bond donors (Lipinski definition) is 2. The molecule has 134 valence electrons. The van der Waals surface area contributed by atoms with Gasteiger partial charge in [0.05, 0.1) is 11.5 Å². The maximum Gasteiger partial charge on any atom is 0.322 e. The quantitative estimate of drug-likeness (QED) is 0.734. The van der Waals surface area contributed by atoms with E-state index >= 15 is 0 Å². The summed E-state index contributed by atoms with van der Waals surface area (Å²) in [7, 11) is -4.07. The van der Waals surface area contributed by atoms with Crippen LogP contribution in [0.1, 0.15) is 34.1 Å². The van der Waals surface area contributed by atoms with Gasteiger partial charge in [0.25, 0.3) is 0 Å². The fourth-order valence-corrected chi connectivity index (χ4v) is 3.00. The van der Waals surface area contributed by atoms with Gasteiger partial charge in [0.1, 0.15) is 17.6 Å². The molecule has 1 rings (SSSR count). The molecule has 7 nitrogen and oxygen atoms in total. The first-order chi connectivity index (χ1) is 11.0. The molecule has 0 aliphatic carbocycles. The van der Waals surface area contributed by atoms with Crippen LogP contribution >= 0.6 is 0 Å². The third-order valence-corrected chi connectivity index (χ3v) is 4.75. The largest absolute Gasteiger partial charge is 0.494 e. The second-order valence-corrected chi connectivity index (χ2v) is 8.01. The number of carbonyl (C=O) groups excluding carboxylic acids is 1. The topological polar surface area (TPSA) is 110 Å². The molecule has 1 aromatic carbocycles. The lowest BCUT2D eigenvalue weighted by molar-refractivity contribution is -0.141. The Hall–Kier alpha value is -1.93. The van der Waals surface area contributed by atoms with Gasteiger partial charge in [-0.1, -0.05) is 20.8 Å². The van der Waals surface area contributed by atoms with Crippen molar-refractivity contribution in [3.63, 3.8) is 0 Å². The molecule has 0 aromatic heterocycles. The summed E-state index contributed by atoms with van der Waals surface area (Å²) in [5.74, 6) is -1.24. The summed E-state index contributed by atoms with van der Waals surface area (Å²) in [6.07, 6.45) is -0.422. The maximum atomic E-state index is 12.3. The van der Waals surface area contributed by atoms with Crippen molar-refractivity contribution >= 4 is 21.8 Å². The van der Waals surface area contributed by atoms with Gasteiger partial charge in [0.2, 0.25) is 10.0 Å². The van der Waals surface area contributed by atoms with Crippen LogP contribution in [0.15, 0.2) is 29.2 Å². The van der Waals surface area contributed by atoms with E-state index in [9.17, 15) is 23.1 Å². The molecule has 0 aliphatic rings. The fourth-order valence-electron chi connectivity index (χ4n) is 1.81. The van der Waals surface area contributed by atoms with Crippen molar-refractivity contribution in [3.05, 3.63) is 24.3 Å². The van der Waals surface area contributed by atoms with Gasteiger partial charge in [-0.25, -0.2) is 8.42 Å². The monoisotopic (exact) mass is 357 g/mol. The third-order valence-electron chi connectivity index (χ3n) is 3.27. The smallest absolute Gasteiger partial charge is 0.322 e. The summed E-state index contributed by atoms with van der Waals surface area (Å²) < 4.78 is 31.9. The summed E-state index contributed by atoms with van der Waals surface area (Å²) in [6.45, 7) is 7.19. The number of carboxylic acids is 1. The van der Waals surface area contributed by atoms with Crippen LogP contribution in [0.25, 0.3) is 0 Å². The molecule has 0 fully saturated rings. The first kappa shape index (κ1) is 20.1. The molecule has 8 heteroatoms. The Kier molecular flexibility index (Phi) is 6.50. The zero-order valence-electron chi connectivity index (χ0n) is 14.2. The lowest BCUT2D eigenvalue weighted by Crippen LogP contribution is -2.43. The summed E-state index contributed by atoms with van der Waals surface area (Å²) in [5, 5.41) is 9.21. The molecule has 24 heavy (non-hydrogen) atoms. The molecule has 2 N–H and O–H groups in total. The number of aliphatic carboxylic acids is 1. The summed E-state index contributed by atoms with van der Waals surface area (Å²) >= 11 is 0. The number of nitrogens with one attached hydrogen (secondary N) is 1. The van der Waals surface area contributed by atoms with Crippen molar-refractivity contribution in [3.8, 4) is 5.75 Å². The van der Waals surface area contributed by atoms with Gasteiger partial charge in [-0.2, -0.15) is 4.72 Å². The van der Waals surface area contributed by atoms with Gasteiger partial charge < -0.3 is 9.84 Å². The number of hydrogen-bond acceptors (Lipinski definition) is 5. The Bertz CT molecular complexity index is 688. The first-order valence-electron chi connectivity index (χ1n) is 7.48. The van der Waals surface area contributed by atoms with Crippen LogP contribution in [0.2, 0.25) is 0 Å². The van der Waals surface area contributed by atoms with Crippen molar-refractivity contribution in [1.82, 2.24) is 4.72 Å². The minimum Gasteiger partial charge on any atom is -0.494 e. The van der Waals surface area contributed by atoms with Gasteiger partial charge in [-0.05, 0) is 31.2 Å². The summed E-state index contributed by atoms with van der Waals surface area (Å²) in [6, 6.07) is 4.08. The highest BCUT2D eigenvalue weighted by Gasteiger charge is 2.31. The molecular formula is C16H23NO6S. The number of carboxylic acid groups (broad SMARTS) is 1. The maximum absolute atomic E-state index is 12.3. The Labute approximate surface area is 142 Å². The number of ether oxygens (including phenoxy) is 1. The molecular weight excluding hydrogens is 334 g/mol. The molecule has 0 radical (unpaired) electrons. The molecule has 0 aliphatic heterocycles. The number of rotatable bonds is 8. The standard InChI is InChI=1S/C16H23NO6S/c1-5-23-11-6-8-12(9-7-11)24(21,22)17-13(15(19)20)10-14(18)16(2,3)4/h6-9,13,17H,5,10H2,1-4H3,(H,19,20). The number of carbonyl (C=O) groups is 2. The van der Waals surface area contributed by atoms with Crippen molar-refractivity contribution in [2.24, 2.45) is 5.41 Å². The average molecular weight is 357 g/mol. The van der Waals surface area contributed by atoms with Crippen LogP contribution in [0, 0.1) is 5.41 Å². The minimum absolute atomic E-state index is 0.0968. The van der Waals surface area contributed by atoms with E-state index in [1.165, 1.54) is 24.3 Å². The van der Waals surface area contributed by atoms with Gasteiger partial charge in [-0.15, -0.1) is 0 Å². The van der Waals surface area contributed by atoms with E-state index < -0.39 is 33.9 Å². The molecule has 1 aromatic rings. The van der Waals surface area contributed by atoms with E-state index in [1.807, 2.05) is 0 Å². The lowest BCUT2D eigenvalue weighted by Gasteiger charge is -2.20. The molecule has 0 heterocycles. The predicted molar refractivity (Wildman–Crippen MR) is 88.4 cm³/mol. The van der Waals surface area contributed by atoms with E-state index in [4.69, 9.17) is 4.74 Å². The molecule has 0 spiro atoms. The highest BCUT2D eigenvalue weighted by atomic mass is 32.2. The van der Waals surface area contributed by atoms with Crippen molar-refractivity contribution in [2.45, 2.75) is 45.1 Å². The van der Waals surface area contributed by atoms with Crippen LogP contribution in [-0.4, -0.2) is 37.9 Å². The minimum atomic E-state index is -4.07. The number of ketones is 1. The van der Waals surface area contributed by atoms with Crippen molar-refractivity contribution < 1.29 is 27.9 Å². The van der Waals surface area contributed by atoms with Gasteiger partial charge in [0, 0.05) is 11.8 Å². The van der Waals surface area contributed by atoms with Gasteiger partial charge >= 0.3 is 5.97 Å². The lowest BCUT2D eigenvalue weighted by atomic mass is 9.87. The van der Waals surface area contributed by atoms with Crippen LogP contribution < -0.4 is 9.46 Å². The molecule has 1 atom stereocenters. The van der Waals surface area contributed by atoms with Crippen LogP contribution in [0.4, 0.5) is 0 Å². The second-order valence-electron chi connectivity index (χ2n) is 6.29. The molecule has 0 saturated carbocycles. The summed E-state index contributed by atoms with van der Waals surface area (Å²) in [5.41, 5.74) is -0.752. The zero-order chi connectivity index (χ0) is 18.5. The van der Waals surface area contributed by atoms with Gasteiger partial charge in [-0.3, -0.25) is 9.59 Å².